The number of para-hydroxylation sites is 2. The minimum absolute atomic E-state index is 0.0353. The Morgan fingerprint density at radius 3 is 2.35 bits per heavy atom. The van der Waals surface area contributed by atoms with Gasteiger partial charge in [0.15, 0.2) is 0 Å². The van der Waals surface area contributed by atoms with Crippen LogP contribution in [0.15, 0.2) is 42.5 Å². The van der Waals surface area contributed by atoms with Crippen LogP contribution in [0.3, 0.4) is 0 Å². The number of benzene rings is 2. The zero-order valence-corrected chi connectivity index (χ0v) is 12.1. The summed E-state index contributed by atoms with van der Waals surface area (Å²) in [5.74, 6) is 0.705. The molecule has 1 amide bonds. The molecular formula is C17H19NO2. The molecule has 1 N–H and O–H groups in total. The number of nitrogens with one attached hydrogen (secondary N) is 1. The molecule has 0 heterocycles. The first-order valence-corrected chi connectivity index (χ1v) is 6.59. The van der Waals surface area contributed by atoms with Gasteiger partial charge >= 0.3 is 0 Å². The Labute approximate surface area is 119 Å². The van der Waals surface area contributed by atoms with E-state index in [0.29, 0.717) is 6.42 Å². The zero-order valence-electron chi connectivity index (χ0n) is 12.1. The summed E-state index contributed by atoms with van der Waals surface area (Å²) in [6.07, 6.45) is 0.303. The number of carbonyl (C=O) groups is 1. The highest BCUT2D eigenvalue weighted by Crippen LogP contribution is 2.21. The number of hydrogen-bond acceptors (Lipinski definition) is 2. The van der Waals surface area contributed by atoms with Crippen molar-refractivity contribution in [3.8, 4) is 5.75 Å². The van der Waals surface area contributed by atoms with Gasteiger partial charge in [0.25, 0.3) is 0 Å². The molecule has 20 heavy (non-hydrogen) atoms. The maximum atomic E-state index is 12.2. The molecule has 0 saturated carbocycles. The number of hydrogen-bond donors (Lipinski definition) is 1. The van der Waals surface area contributed by atoms with E-state index in [2.05, 4.69) is 5.32 Å². The van der Waals surface area contributed by atoms with Crippen LogP contribution in [0.5, 0.6) is 5.75 Å². The Bertz CT molecular complexity index is 600. The predicted octanol–water partition coefficient (Wildman–Crippen LogP) is 3.49. The zero-order chi connectivity index (χ0) is 14.5. The highest BCUT2D eigenvalue weighted by atomic mass is 16.5. The van der Waals surface area contributed by atoms with Crippen molar-refractivity contribution in [2.75, 3.05) is 12.4 Å². The van der Waals surface area contributed by atoms with E-state index in [9.17, 15) is 4.79 Å². The molecule has 0 atom stereocenters. The first-order valence-electron chi connectivity index (χ1n) is 6.59. The molecule has 0 aliphatic rings. The van der Waals surface area contributed by atoms with Gasteiger partial charge in [0.1, 0.15) is 5.75 Å². The van der Waals surface area contributed by atoms with Crippen molar-refractivity contribution in [2.24, 2.45) is 0 Å². The number of methoxy groups -OCH3 is 1. The van der Waals surface area contributed by atoms with Gasteiger partial charge in [0.2, 0.25) is 5.91 Å². The molecule has 2 aromatic rings. The molecule has 0 unspecified atom stereocenters. The summed E-state index contributed by atoms with van der Waals surface area (Å²) in [6, 6.07) is 13.5. The first-order chi connectivity index (χ1) is 9.61. The van der Waals surface area contributed by atoms with Gasteiger partial charge in [-0.3, -0.25) is 4.79 Å². The molecule has 0 radical (unpaired) electrons. The summed E-state index contributed by atoms with van der Waals surface area (Å²) in [5.41, 5.74) is 3.92. The molecular weight excluding hydrogens is 250 g/mol. The minimum Gasteiger partial charge on any atom is -0.496 e. The van der Waals surface area contributed by atoms with Crippen LogP contribution in [0.2, 0.25) is 0 Å². The second-order valence-electron chi connectivity index (χ2n) is 4.80. The Kier molecular flexibility index (Phi) is 4.41. The Hall–Kier alpha value is -2.29. The average Bonchev–Trinajstić information content (AvgIpc) is 2.44. The van der Waals surface area contributed by atoms with Gasteiger partial charge in [-0.05, 0) is 31.0 Å². The quantitative estimate of drug-likeness (QED) is 0.922. The number of anilines is 1. The molecule has 0 fully saturated rings. The number of rotatable bonds is 4. The van der Waals surface area contributed by atoms with Crippen LogP contribution in [0.4, 0.5) is 5.69 Å². The molecule has 2 aromatic carbocycles. The molecule has 2 rings (SSSR count). The third-order valence-electron chi connectivity index (χ3n) is 3.29. The summed E-state index contributed by atoms with van der Waals surface area (Å²) >= 11 is 0. The molecule has 0 saturated heterocycles. The standard InChI is InChI=1S/C17H19NO2/c1-12-7-6-8-13(2)17(12)18-16(19)11-14-9-4-5-10-15(14)20-3/h4-10H,11H2,1-3H3,(H,18,19). The Morgan fingerprint density at radius 1 is 1.05 bits per heavy atom. The van der Waals surface area contributed by atoms with E-state index in [1.165, 1.54) is 0 Å². The highest BCUT2D eigenvalue weighted by Gasteiger charge is 2.10. The predicted molar refractivity (Wildman–Crippen MR) is 81.2 cm³/mol. The third kappa shape index (κ3) is 3.18. The average molecular weight is 269 g/mol. The van der Waals surface area contributed by atoms with Crippen LogP contribution in [-0.4, -0.2) is 13.0 Å². The summed E-state index contributed by atoms with van der Waals surface area (Å²) in [7, 11) is 1.61. The largest absolute Gasteiger partial charge is 0.496 e. The lowest BCUT2D eigenvalue weighted by atomic mass is 10.1. The van der Waals surface area contributed by atoms with Gasteiger partial charge in [-0.1, -0.05) is 36.4 Å². The summed E-state index contributed by atoms with van der Waals surface area (Å²) < 4.78 is 5.26. The second-order valence-corrected chi connectivity index (χ2v) is 4.80. The van der Waals surface area contributed by atoms with Crippen LogP contribution >= 0.6 is 0 Å². The number of amides is 1. The molecule has 0 aliphatic heterocycles. The van der Waals surface area contributed by atoms with E-state index < -0.39 is 0 Å². The fourth-order valence-corrected chi connectivity index (χ4v) is 2.22. The maximum Gasteiger partial charge on any atom is 0.228 e. The van der Waals surface area contributed by atoms with E-state index in [-0.39, 0.29) is 5.91 Å². The highest BCUT2D eigenvalue weighted by molar-refractivity contribution is 5.94. The van der Waals surface area contributed by atoms with E-state index >= 15 is 0 Å². The molecule has 3 heteroatoms. The van der Waals surface area contributed by atoms with Crippen molar-refractivity contribution in [1.29, 1.82) is 0 Å². The number of ether oxygens (including phenoxy) is 1. The van der Waals surface area contributed by atoms with Crippen molar-refractivity contribution in [2.45, 2.75) is 20.3 Å². The van der Waals surface area contributed by atoms with Gasteiger partial charge < -0.3 is 10.1 Å². The van der Waals surface area contributed by atoms with Gasteiger partial charge in [0, 0.05) is 11.3 Å². The van der Waals surface area contributed by atoms with Crippen LogP contribution in [-0.2, 0) is 11.2 Å². The van der Waals surface area contributed by atoms with E-state index in [0.717, 1.165) is 28.1 Å². The maximum absolute atomic E-state index is 12.2. The minimum atomic E-state index is -0.0353. The molecule has 104 valence electrons. The number of carbonyl (C=O) groups excluding carboxylic acids is 1. The Morgan fingerprint density at radius 2 is 1.70 bits per heavy atom. The van der Waals surface area contributed by atoms with Crippen LogP contribution in [0.25, 0.3) is 0 Å². The molecule has 0 spiro atoms. The van der Waals surface area contributed by atoms with Crippen molar-refractivity contribution < 1.29 is 9.53 Å². The lowest BCUT2D eigenvalue weighted by Crippen LogP contribution is -2.16. The summed E-state index contributed by atoms with van der Waals surface area (Å²) in [5, 5.41) is 2.98. The van der Waals surface area contributed by atoms with Gasteiger partial charge in [-0.15, -0.1) is 0 Å². The van der Waals surface area contributed by atoms with E-state index in [1.54, 1.807) is 7.11 Å². The SMILES string of the molecule is COc1ccccc1CC(=O)Nc1c(C)cccc1C. The topological polar surface area (TPSA) is 38.3 Å². The molecule has 0 bridgehead atoms. The lowest BCUT2D eigenvalue weighted by molar-refractivity contribution is -0.115. The fraction of sp³-hybridized carbons (Fsp3) is 0.235. The smallest absolute Gasteiger partial charge is 0.228 e. The fourth-order valence-electron chi connectivity index (χ4n) is 2.22. The first kappa shape index (κ1) is 14.1. The molecule has 0 aromatic heterocycles. The third-order valence-corrected chi connectivity index (χ3v) is 3.29. The van der Waals surface area contributed by atoms with Crippen LogP contribution in [0.1, 0.15) is 16.7 Å². The van der Waals surface area contributed by atoms with Crippen LogP contribution < -0.4 is 10.1 Å². The van der Waals surface area contributed by atoms with Gasteiger partial charge in [-0.25, -0.2) is 0 Å². The second kappa shape index (κ2) is 6.24. The normalized spacial score (nSPS) is 10.2. The summed E-state index contributed by atoms with van der Waals surface area (Å²) in [6.45, 7) is 3.98. The molecule has 3 nitrogen and oxygen atoms in total. The van der Waals surface area contributed by atoms with Crippen molar-refractivity contribution in [1.82, 2.24) is 0 Å². The van der Waals surface area contributed by atoms with Gasteiger partial charge in [0.05, 0.1) is 13.5 Å². The molecule has 0 aliphatic carbocycles. The van der Waals surface area contributed by atoms with Crippen LogP contribution in [0, 0.1) is 13.8 Å². The van der Waals surface area contributed by atoms with Crippen molar-refractivity contribution in [3.05, 3.63) is 59.2 Å². The number of aryl methyl sites for hydroxylation is 2. The Balaban J connectivity index is 2.13. The van der Waals surface area contributed by atoms with Gasteiger partial charge in [-0.2, -0.15) is 0 Å². The van der Waals surface area contributed by atoms with Crippen molar-refractivity contribution in [3.63, 3.8) is 0 Å². The van der Waals surface area contributed by atoms with Crippen molar-refractivity contribution >= 4 is 11.6 Å². The monoisotopic (exact) mass is 269 g/mol. The lowest BCUT2D eigenvalue weighted by Gasteiger charge is -2.12. The van der Waals surface area contributed by atoms with E-state index in [4.69, 9.17) is 4.74 Å². The summed E-state index contributed by atoms with van der Waals surface area (Å²) in [4.78, 5) is 12.2. The van der Waals surface area contributed by atoms with E-state index in [1.807, 2.05) is 56.3 Å².